The van der Waals surface area contributed by atoms with Gasteiger partial charge in [0, 0.05) is 18.4 Å². The van der Waals surface area contributed by atoms with Gasteiger partial charge in [0.2, 0.25) is 0 Å². The van der Waals surface area contributed by atoms with Crippen LogP contribution in [0.25, 0.3) is 0 Å². The molecule has 0 amide bonds. The molecule has 1 unspecified atom stereocenters. The second kappa shape index (κ2) is 4.97. The molecule has 0 bridgehead atoms. The molecule has 0 radical (unpaired) electrons. The Balaban J connectivity index is 1.61. The average molecular weight is 240 g/mol. The van der Waals surface area contributed by atoms with Crippen LogP contribution in [0.15, 0.2) is 36.5 Å². The van der Waals surface area contributed by atoms with Gasteiger partial charge in [-0.05, 0) is 44.1 Å². The lowest BCUT2D eigenvalue weighted by Gasteiger charge is -2.25. The Kier molecular flexibility index (Phi) is 3.18. The molecule has 0 fully saturated rings. The van der Waals surface area contributed by atoms with E-state index in [1.807, 2.05) is 6.20 Å². The average Bonchev–Trinajstić information content (AvgIpc) is 2.79. The third-order valence-corrected chi connectivity index (χ3v) is 4.07. The number of nitrogens with zero attached hydrogens (tertiary/aromatic N) is 2. The Morgan fingerprint density at radius 3 is 2.94 bits per heavy atom. The van der Waals surface area contributed by atoms with Crippen LogP contribution in [0, 0.1) is 12.8 Å². The van der Waals surface area contributed by atoms with Crippen LogP contribution in [-0.4, -0.2) is 9.55 Å². The predicted octanol–water partition coefficient (Wildman–Crippen LogP) is 3.39. The molecule has 2 nitrogen and oxygen atoms in total. The predicted molar refractivity (Wildman–Crippen MR) is 73.5 cm³/mol. The Bertz CT molecular complexity index is 513. The van der Waals surface area contributed by atoms with Gasteiger partial charge in [0.1, 0.15) is 5.82 Å². The standard InChI is InChI=1S/C16H20N2/c1-13-17-11-16-10-9-15(12-18(13)16)8-7-14-5-3-2-4-6-14/h2-6,11,15H,7-10,12H2,1H3. The van der Waals surface area contributed by atoms with Crippen molar-refractivity contribution in [3.05, 3.63) is 53.6 Å². The Hall–Kier alpha value is -1.57. The van der Waals surface area contributed by atoms with Crippen LogP contribution < -0.4 is 0 Å². The van der Waals surface area contributed by atoms with Gasteiger partial charge in [-0.2, -0.15) is 0 Å². The van der Waals surface area contributed by atoms with Crippen molar-refractivity contribution in [1.82, 2.24) is 9.55 Å². The van der Waals surface area contributed by atoms with E-state index in [1.165, 1.54) is 42.8 Å². The van der Waals surface area contributed by atoms with Crippen molar-refractivity contribution in [2.24, 2.45) is 5.92 Å². The van der Waals surface area contributed by atoms with Crippen molar-refractivity contribution in [2.45, 2.75) is 39.2 Å². The zero-order valence-corrected chi connectivity index (χ0v) is 11.0. The third-order valence-electron chi connectivity index (χ3n) is 4.07. The summed E-state index contributed by atoms with van der Waals surface area (Å²) in [6.07, 6.45) is 7.05. The fourth-order valence-electron chi connectivity index (χ4n) is 2.92. The molecule has 1 aromatic carbocycles. The van der Waals surface area contributed by atoms with E-state index in [-0.39, 0.29) is 0 Å². The van der Waals surface area contributed by atoms with Gasteiger partial charge in [-0.3, -0.25) is 0 Å². The van der Waals surface area contributed by atoms with E-state index in [4.69, 9.17) is 0 Å². The molecule has 0 N–H and O–H groups in total. The minimum atomic E-state index is 0.811. The fourth-order valence-corrected chi connectivity index (χ4v) is 2.92. The van der Waals surface area contributed by atoms with Crippen molar-refractivity contribution in [1.29, 1.82) is 0 Å². The number of fused-ring (bicyclic) bond motifs is 1. The summed E-state index contributed by atoms with van der Waals surface area (Å²) >= 11 is 0. The van der Waals surface area contributed by atoms with Gasteiger partial charge in [0.15, 0.2) is 0 Å². The maximum atomic E-state index is 4.41. The molecule has 0 saturated carbocycles. The first kappa shape index (κ1) is 11.5. The molecule has 18 heavy (non-hydrogen) atoms. The first-order chi connectivity index (χ1) is 8.83. The first-order valence-corrected chi connectivity index (χ1v) is 6.88. The van der Waals surface area contributed by atoms with Gasteiger partial charge in [-0.1, -0.05) is 30.3 Å². The van der Waals surface area contributed by atoms with Gasteiger partial charge in [-0.15, -0.1) is 0 Å². The first-order valence-electron chi connectivity index (χ1n) is 6.88. The van der Waals surface area contributed by atoms with E-state index in [1.54, 1.807) is 0 Å². The summed E-state index contributed by atoms with van der Waals surface area (Å²) in [5, 5.41) is 0. The lowest BCUT2D eigenvalue weighted by atomic mass is 9.92. The van der Waals surface area contributed by atoms with Crippen LogP contribution >= 0.6 is 0 Å². The van der Waals surface area contributed by atoms with Crippen LogP contribution in [0.5, 0.6) is 0 Å². The summed E-state index contributed by atoms with van der Waals surface area (Å²) in [5.41, 5.74) is 2.88. The summed E-state index contributed by atoms with van der Waals surface area (Å²) in [6, 6.07) is 10.8. The van der Waals surface area contributed by atoms with E-state index in [9.17, 15) is 0 Å². The maximum Gasteiger partial charge on any atom is 0.105 e. The molecular formula is C16H20N2. The quantitative estimate of drug-likeness (QED) is 0.804. The Morgan fingerprint density at radius 1 is 1.28 bits per heavy atom. The molecule has 94 valence electrons. The SMILES string of the molecule is Cc1ncc2n1CC(CCc1ccccc1)CC2. The number of aryl methyl sites for hydroxylation is 3. The zero-order chi connectivity index (χ0) is 12.4. The number of imidazole rings is 1. The fraction of sp³-hybridized carbons (Fsp3) is 0.438. The van der Waals surface area contributed by atoms with Gasteiger partial charge in [0.25, 0.3) is 0 Å². The molecule has 2 heterocycles. The summed E-state index contributed by atoms with van der Waals surface area (Å²) in [4.78, 5) is 4.41. The molecule has 0 saturated heterocycles. The number of hydrogen-bond donors (Lipinski definition) is 0. The van der Waals surface area contributed by atoms with Gasteiger partial charge in [0.05, 0.1) is 0 Å². The van der Waals surface area contributed by atoms with Crippen molar-refractivity contribution < 1.29 is 0 Å². The van der Waals surface area contributed by atoms with E-state index in [0.717, 1.165) is 12.5 Å². The van der Waals surface area contributed by atoms with Crippen LogP contribution in [0.4, 0.5) is 0 Å². The molecule has 2 heteroatoms. The highest BCUT2D eigenvalue weighted by Crippen LogP contribution is 2.24. The minimum Gasteiger partial charge on any atom is -0.332 e. The van der Waals surface area contributed by atoms with Crippen LogP contribution in [0.1, 0.15) is 29.9 Å². The normalized spacial score (nSPS) is 18.6. The summed E-state index contributed by atoms with van der Waals surface area (Å²) < 4.78 is 2.40. The highest BCUT2D eigenvalue weighted by atomic mass is 15.1. The van der Waals surface area contributed by atoms with Crippen molar-refractivity contribution in [2.75, 3.05) is 0 Å². The van der Waals surface area contributed by atoms with Crippen LogP contribution in [0.3, 0.4) is 0 Å². The highest BCUT2D eigenvalue weighted by Gasteiger charge is 2.19. The lowest BCUT2D eigenvalue weighted by Crippen LogP contribution is -2.21. The van der Waals surface area contributed by atoms with Crippen molar-refractivity contribution in [3.63, 3.8) is 0 Å². The van der Waals surface area contributed by atoms with Crippen LogP contribution in [-0.2, 0) is 19.4 Å². The zero-order valence-electron chi connectivity index (χ0n) is 11.0. The minimum absolute atomic E-state index is 0.811. The number of benzene rings is 1. The van der Waals surface area contributed by atoms with Crippen LogP contribution in [0.2, 0.25) is 0 Å². The molecule has 3 rings (SSSR count). The highest BCUT2D eigenvalue weighted by molar-refractivity contribution is 5.15. The molecule has 1 atom stereocenters. The van der Waals surface area contributed by atoms with Gasteiger partial charge < -0.3 is 4.57 Å². The second-order valence-corrected chi connectivity index (χ2v) is 5.34. The second-order valence-electron chi connectivity index (χ2n) is 5.34. The van der Waals surface area contributed by atoms with E-state index < -0.39 is 0 Å². The topological polar surface area (TPSA) is 17.8 Å². The Labute approximate surface area is 109 Å². The van der Waals surface area contributed by atoms with Crippen molar-refractivity contribution in [3.8, 4) is 0 Å². The van der Waals surface area contributed by atoms with Gasteiger partial charge >= 0.3 is 0 Å². The van der Waals surface area contributed by atoms with E-state index >= 15 is 0 Å². The molecule has 2 aromatic rings. The lowest BCUT2D eigenvalue weighted by molar-refractivity contribution is 0.345. The number of aromatic nitrogens is 2. The van der Waals surface area contributed by atoms with Gasteiger partial charge in [-0.25, -0.2) is 4.98 Å². The number of hydrogen-bond acceptors (Lipinski definition) is 1. The summed E-state index contributed by atoms with van der Waals surface area (Å²) in [6.45, 7) is 3.27. The monoisotopic (exact) mass is 240 g/mol. The van der Waals surface area contributed by atoms with Crippen molar-refractivity contribution >= 4 is 0 Å². The molecule has 1 aromatic heterocycles. The Morgan fingerprint density at radius 2 is 2.11 bits per heavy atom. The summed E-state index contributed by atoms with van der Waals surface area (Å²) in [7, 11) is 0. The third kappa shape index (κ3) is 2.33. The molecule has 0 spiro atoms. The largest absolute Gasteiger partial charge is 0.332 e. The van der Waals surface area contributed by atoms with E-state index in [0.29, 0.717) is 0 Å². The molecule has 1 aliphatic rings. The molecular weight excluding hydrogens is 220 g/mol. The molecule has 0 aliphatic carbocycles. The smallest absolute Gasteiger partial charge is 0.105 e. The van der Waals surface area contributed by atoms with E-state index in [2.05, 4.69) is 46.8 Å². The number of rotatable bonds is 3. The molecule has 1 aliphatic heterocycles. The maximum absolute atomic E-state index is 4.41. The summed E-state index contributed by atoms with van der Waals surface area (Å²) in [5.74, 6) is 1.99.